The van der Waals surface area contributed by atoms with E-state index >= 15 is 4.39 Å². The number of carbonyl (C=O) groups is 1. The van der Waals surface area contributed by atoms with Crippen LogP contribution in [0.15, 0.2) is 76.2 Å². The fraction of sp³-hybridized carbons (Fsp3) is 0.179. The van der Waals surface area contributed by atoms with Crippen molar-refractivity contribution in [3.63, 3.8) is 0 Å². The van der Waals surface area contributed by atoms with Gasteiger partial charge >= 0.3 is 6.01 Å². The fourth-order valence-corrected chi connectivity index (χ4v) is 5.60. The molecule has 0 unspecified atom stereocenters. The molecule has 0 fully saturated rings. The fourth-order valence-electron chi connectivity index (χ4n) is 4.23. The molecule has 200 valence electrons. The minimum Gasteiger partial charge on any atom is -0.403 e. The lowest BCUT2D eigenvalue weighted by molar-refractivity contribution is 0.0963. The Hall–Kier alpha value is -4.51. The van der Waals surface area contributed by atoms with E-state index in [0.29, 0.717) is 16.5 Å². The number of rotatable bonds is 7. The number of nitrogens with one attached hydrogen (secondary N) is 2. The molecule has 5 rings (SSSR count). The summed E-state index contributed by atoms with van der Waals surface area (Å²) < 4.78 is 49.5. The Morgan fingerprint density at radius 1 is 1.00 bits per heavy atom. The first-order chi connectivity index (χ1) is 18.6. The van der Waals surface area contributed by atoms with Crippen LogP contribution in [0.4, 0.5) is 10.4 Å². The smallest absolute Gasteiger partial charge is 0.315 e. The number of nitrogens with zero attached hydrogens (tertiary/aromatic N) is 3. The number of aryl methyl sites for hydroxylation is 1. The van der Waals surface area contributed by atoms with Crippen LogP contribution in [0.1, 0.15) is 29.8 Å². The third-order valence-electron chi connectivity index (χ3n) is 6.18. The van der Waals surface area contributed by atoms with Crippen molar-refractivity contribution < 1.29 is 22.0 Å². The maximum absolute atomic E-state index is 15.2. The van der Waals surface area contributed by atoms with Crippen molar-refractivity contribution >= 4 is 32.8 Å². The summed E-state index contributed by atoms with van der Waals surface area (Å²) in [5.74, 6) is -0.801. The summed E-state index contributed by atoms with van der Waals surface area (Å²) in [6.07, 6.45) is 1.37. The second-order valence-electron chi connectivity index (χ2n) is 9.37. The number of amides is 1. The third-order valence-corrected chi connectivity index (χ3v) is 7.87. The molecule has 0 radical (unpaired) electrons. The Labute approximate surface area is 224 Å². The molecule has 9 nitrogen and oxygen atoms in total. The van der Waals surface area contributed by atoms with Gasteiger partial charge in [-0.2, -0.15) is 0 Å². The number of benzene rings is 3. The van der Waals surface area contributed by atoms with Gasteiger partial charge in [0.25, 0.3) is 15.9 Å². The third kappa shape index (κ3) is 4.88. The Kier molecular flexibility index (Phi) is 6.69. The maximum atomic E-state index is 15.2. The standard InChI is InChI=1S/C28H26FN5O4S/c1-16(2)31-28-33-32-27(38-28)19-8-12-25-22(14-19)23(21-13-18(26(35)30-4)7-11-24(21)29)15-34(25)39(36,37)20-9-5-17(3)6-10-20/h5-16H,1-4H3,(H,30,35)(H,31,33). The van der Waals surface area contributed by atoms with Gasteiger partial charge in [0.2, 0.25) is 5.89 Å². The summed E-state index contributed by atoms with van der Waals surface area (Å²) in [4.78, 5) is 12.4. The van der Waals surface area contributed by atoms with Crippen LogP contribution in [0.3, 0.4) is 0 Å². The van der Waals surface area contributed by atoms with E-state index in [1.807, 2.05) is 20.8 Å². The highest BCUT2D eigenvalue weighted by molar-refractivity contribution is 7.90. The maximum Gasteiger partial charge on any atom is 0.315 e. The van der Waals surface area contributed by atoms with E-state index < -0.39 is 21.7 Å². The lowest BCUT2D eigenvalue weighted by Gasteiger charge is -2.08. The Morgan fingerprint density at radius 3 is 2.44 bits per heavy atom. The van der Waals surface area contributed by atoms with Gasteiger partial charge in [-0.1, -0.05) is 22.8 Å². The molecule has 0 atom stereocenters. The number of anilines is 1. The van der Waals surface area contributed by atoms with Crippen LogP contribution in [0.25, 0.3) is 33.5 Å². The van der Waals surface area contributed by atoms with Gasteiger partial charge in [0, 0.05) is 46.9 Å². The largest absolute Gasteiger partial charge is 0.403 e. The topological polar surface area (TPSA) is 119 Å². The van der Waals surface area contributed by atoms with Crippen molar-refractivity contribution in [2.45, 2.75) is 31.7 Å². The van der Waals surface area contributed by atoms with E-state index in [0.717, 1.165) is 9.54 Å². The summed E-state index contributed by atoms with van der Waals surface area (Å²) in [6.45, 7) is 5.73. The highest BCUT2D eigenvalue weighted by atomic mass is 32.2. The summed E-state index contributed by atoms with van der Waals surface area (Å²) in [7, 11) is -2.57. The van der Waals surface area contributed by atoms with Crippen molar-refractivity contribution in [2.24, 2.45) is 0 Å². The van der Waals surface area contributed by atoms with E-state index in [4.69, 9.17) is 4.42 Å². The zero-order chi connectivity index (χ0) is 27.9. The van der Waals surface area contributed by atoms with Crippen LogP contribution in [0.5, 0.6) is 0 Å². The van der Waals surface area contributed by atoms with Gasteiger partial charge in [-0.3, -0.25) is 4.79 Å². The predicted molar refractivity (Wildman–Crippen MR) is 147 cm³/mol. The normalized spacial score (nSPS) is 11.7. The number of fused-ring (bicyclic) bond motifs is 1. The Balaban J connectivity index is 1.75. The average Bonchev–Trinajstić information content (AvgIpc) is 3.53. The number of aromatic nitrogens is 3. The second kappa shape index (κ2) is 9.99. The van der Waals surface area contributed by atoms with E-state index in [2.05, 4.69) is 20.8 Å². The molecule has 0 aliphatic carbocycles. The Morgan fingerprint density at radius 2 is 1.74 bits per heavy atom. The van der Waals surface area contributed by atoms with Crippen molar-refractivity contribution in [3.8, 4) is 22.6 Å². The Bertz CT molecular complexity index is 1810. The average molecular weight is 548 g/mol. The molecule has 5 aromatic rings. The summed E-state index contributed by atoms with van der Waals surface area (Å²) in [5.41, 5.74) is 2.33. The zero-order valence-corrected chi connectivity index (χ0v) is 22.5. The van der Waals surface area contributed by atoms with Crippen LogP contribution in [0, 0.1) is 12.7 Å². The van der Waals surface area contributed by atoms with Crippen molar-refractivity contribution in [2.75, 3.05) is 12.4 Å². The molecule has 2 heterocycles. The molecule has 0 aliphatic rings. The molecule has 11 heteroatoms. The minimum absolute atomic E-state index is 0.0730. The molecule has 3 aromatic carbocycles. The van der Waals surface area contributed by atoms with Crippen LogP contribution in [-0.4, -0.2) is 41.6 Å². The minimum atomic E-state index is -4.05. The lowest BCUT2D eigenvalue weighted by Crippen LogP contribution is -2.17. The molecular weight excluding hydrogens is 521 g/mol. The second-order valence-corrected chi connectivity index (χ2v) is 11.2. The van der Waals surface area contributed by atoms with Gasteiger partial charge < -0.3 is 15.1 Å². The quantitative estimate of drug-likeness (QED) is 0.287. The number of carbonyl (C=O) groups excluding carboxylic acids is 1. The van der Waals surface area contributed by atoms with Crippen molar-refractivity contribution in [3.05, 3.63) is 83.8 Å². The lowest BCUT2D eigenvalue weighted by atomic mass is 10.00. The molecule has 0 aliphatic heterocycles. The van der Waals surface area contributed by atoms with Crippen molar-refractivity contribution in [1.29, 1.82) is 0 Å². The van der Waals surface area contributed by atoms with Crippen LogP contribution < -0.4 is 10.6 Å². The van der Waals surface area contributed by atoms with Gasteiger partial charge in [0.15, 0.2) is 0 Å². The van der Waals surface area contributed by atoms with Gasteiger partial charge in [0.1, 0.15) is 5.82 Å². The van der Waals surface area contributed by atoms with Crippen LogP contribution in [0.2, 0.25) is 0 Å². The summed E-state index contributed by atoms with van der Waals surface area (Å²) in [6, 6.07) is 15.7. The van der Waals surface area contributed by atoms with E-state index in [-0.39, 0.29) is 39.5 Å². The molecule has 39 heavy (non-hydrogen) atoms. The number of halogens is 1. The first-order valence-electron chi connectivity index (χ1n) is 12.2. The molecule has 0 saturated heterocycles. The van der Waals surface area contributed by atoms with Crippen molar-refractivity contribution in [1.82, 2.24) is 19.5 Å². The molecule has 2 N–H and O–H groups in total. The van der Waals surface area contributed by atoms with E-state index in [9.17, 15) is 13.2 Å². The van der Waals surface area contributed by atoms with Crippen LogP contribution in [-0.2, 0) is 10.0 Å². The predicted octanol–water partition coefficient (Wildman–Crippen LogP) is 5.22. The SMILES string of the molecule is CNC(=O)c1ccc(F)c(-c2cn(S(=O)(=O)c3ccc(C)cc3)c3ccc(-c4nnc(NC(C)C)o4)cc23)c1. The monoisotopic (exact) mass is 547 g/mol. The van der Waals surface area contributed by atoms with Gasteiger partial charge in [-0.25, -0.2) is 16.8 Å². The summed E-state index contributed by atoms with van der Waals surface area (Å²) >= 11 is 0. The van der Waals surface area contributed by atoms with Gasteiger partial charge in [-0.05, 0) is 69.3 Å². The first kappa shape index (κ1) is 26.1. The highest BCUT2D eigenvalue weighted by Gasteiger charge is 2.24. The molecule has 0 saturated carbocycles. The molecule has 0 spiro atoms. The molecule has 0 bridgehead atoms. The van der Waals surface area contributed by atoms with Crippen LogP contribution >= 0.6 is 0 Å². The summed E-state index contributed by atoms with van der Waals surface area (Å²) in [5, 5.41) is 14.1. The van der Waals surface area contributed by atoms with E-state index in [1.165, 1.54) is 43.6 Å². The first-order valence-corrected chi connectivity index (χ1v) is 13.6. The molecule has 1 amide bonds. The van der Waals surface area contributed by atoms with Gasteiger partial charge in [-0.15, -0.1) is 5.10 Å². The van der Waals surface area contributed by atoms with E-state index in [1.54, 1.807) is 30.3 Å². The molecular formula is C28H26FN5O4S. The zero-order valence-electron chi connectivity index (χ0n) is 21.7. The number of hydrogen-bond acceptors (Lipinski definition) is 7. The highest BCUT2D eigenvalue weighted by Crippen LogP contribution is 2.37. The number of hydrogen-bond donors (Lipinski definition) is 2. The van der Waals surface area contributed by atoms with Gasteiger partial charge in [0.05, 0.1) is 10.4 Å². The molecule has 2 aromatic heterocycles.